The first-order chi connectivity index (χ1) is 6.72. The molecule has 0 saturated heterocycles. The number of carboxylic acid groups (broad SMARTS) is 1. The van der Waals surface area contributed by atoms with Crippen LogP contribution in [0.5, 0.6) is 5.75 Å². The largest absolute Gasteiger partial charge is 0.482 e. The van der Waals surface area contributed by atoms with Crippen LogP contribution in [0.2, 0.25) is 0 Å². The number of rotatable bonds is 4. The SMILES string of the molecule is O=C(O)/C=C/c1cccc(OCBr)c1. The molecule has 0 fully saturated rings. The van der Waals surface area contributed by atoms with E-state index in [9.17, 15) is 4.79 Å². The molecule has 74 valence electrons. The summed E-state index contributed by atoms with van der Waals surface area (Å²) >= 11 is 3.14. The topological polar surface area (TPSA) is 46.5 Å². The second-order valence-electron chi connectivity index (χ2n) is 2.50. The maximum absolute atomic E-state index is 10.3. The molecule has 1 rings (SSSR count). The normalized spacial score (nSPS) is 10.4. The zero-order valence-electron chi connectivity index (χ0n) is 7.31. The van der Waals surface area contributed by atoms with Crippen molar-refractivity contribution in [2.75, 3.05) is 5.52 Å². The molecule has 0 amide bonds. The average molecular weight is 257 g/mol. The molecular weight excluding hydrogens is 248 g/mol. The number of carboxylic acids is 1. The Morgan fingerprint density at radius 2 is 2.36 bits per heavy atom. The van der Waals surface area contributed by atoms with Gasteiger partial charge in [-0.05, 0) is 39.7 Å². The Hall–Kier alpha value is -1.29. The highest BCUT2D eigenvalue weighted by Gasteiger charge is 1.93. The van der Waals surface area contributed by atoms with Crippen LogP contribution >= 0.6 is 15.9 Å². The molecule has 1 aromatic rings. The Morgan fingerprint density at radius 3 is 3.00 bits per heavy atom. The van der Waals surface area contributed by atoms with Crippen molar-refractivity contribution in [3.05, 3.63) is 35.9 Å². The van der Waals surface area contributed by atoms with E-state index in [4.69, 9.17) is 9.84 Å². The molecule has 3 nitrogen and oxygen atoms in total. The van der Waals surface area contributed by atoms with Gasteiger partial charge < -0.3 is 9.84 Å². The quantitative estimate of drug-likeness (QED) is 0.665. The molecule has 0 aromatic heterocycles. The van der Waals surface area contributed by atoms with Crippen molar-refractivity contribution < 1.29 is 14.6 Å². The fourth-order valence-electron chi connectivity index (χ4n) is 0.939. The maximum atomic E-state index is 10.3. The highest BCUT2D eigenvalue weighted by Crippen LogP contribution is 2.14. The van der Waals surface area contributed by atoms with Gasteiger partial charge in [0.05, 0.1) is 0 Å². The minimum atomic E-state index is -0.961. The third kappa shape index (κ3) is 3.62. The van der Waals surface area contributed by atoms with Crippen molar-refractivity contribution in [1.29, 1.82) is 0 Å². The van der Waals surface area contributed by atoms with Gasteiger partial charge in [-0.25, -0.2) is 4.79 Å². The van der Waals surface area contributed by atoms with Crippen molar-refractivity contribution in [2.45, 2.75) is 0 Å². The van der Waals surface area contributed by atoms with Crippen molar-refractivity contribution >= 4 is 28.0 Å². The molecule has 0 spiro atoms. The van der Waals surface area contributed by atoms with E-state index in [-0.39, 0.29) is 0 Å². The van der Waals surface area contributed by atoms with Crippen LogP contribution in [0.3, 0.4) is 0 Å². The van der Waals surface area contributed by atoms with Gasteiger partial charge >= 0.3 is 5.97 Å². The second-order valence-corrected chi connectivity index (χ2v) is 2.96. The highest BCUT2D eigenvalue weighted by molar-refractivity contribution is 9.09. The van der Waals surface area contributed by atoms with Crippen LogP contribution in [0.25, 0.3) is 6.08 Å². The fraction of sp³-hybridized carbons (Fsp3) is 0.100. The molecule has 14 heavy (non-hydrogen) atoms. The smallest absolute Gasteiger partial charge is 0.328 e. The van der Waals surface area contributed by atoms with Gasteiger partial charge in [0.2, 0.25) is 0 Å². The lowest BCUT2D eigenvalue weighted by atomic mass is 10.2. The van der Waals surface area contributed by atoms with E-state index >= 15 is 0 Å². The number of halogens is 1. The van der Waals surface area contributed by atoms with E-state index in [2.05, 4.69) is 15.9 Å². The number of ether oxygens (including phenoxy) is 1. The second kappa shape index (κ2) is 5.44. The molecule has 0 heterocycles. The summed E-state index contributed by atoms with van der Waals surface area (Å²) in [6.45, 7) is 0. The third-order valence-electron chi connectivity index (χ3n) is 1.50. The average Bonchev–Trinajstić information content (AvgIpc) is 2.16. The number of carbonyl (C=O) groups is 1. The first-order valence-corrected chi connectivity index (χ1v) is 5.04. The minimum absolute atomic E-state index is 0.416. The maximum Gasteiger partial charge on any atom is 0.328 e. The summed E-state index contributed by atoms with van der Waals surface area (Å²) in [6.07, 6.45) is 2.61. The number of hydrogen-bond donors (Lipinski definition) is 1. The minimum Gasteiger partial charge on any atom is -0.482 e. The summed E-state index contributed by atoms with van der Waals surface area (Å²) in [7, 11) is 0. The molecule has 4 heteroatoms. The summed E-state index contributed by atoms with van der Waals surface area (Å²) < 4.78 is 5.19. The van der Waals surface area contributed by atoms with Gasteiger partial charge in [-0.1, -0.05) is 12.1 Å². The van der Waals surface area contributed by atoms with Gasteiger partial charge in [-0.15, -0.1) is 0 Å². The monoisotopic (exact) mass is 256 g/mol. The molecule has 0 bridgehead atoms. The van der Waals surface area contributed by atoms with Crippen molar-refractivity contribution in [3.8, 4) is 5.75 Å². The number of hydrogen-bond acceptors (Lipinski definition) is 2. The molecule has 1 aromatic carbocycles. The van der Waals surface area contributed by atoms with Crippen LogP contribution in [-0.2, 0) is 4.79 Å². The van der Waals surface area contributed by atoms with E-state index in [1.165, 1.54) is 6.08 Å². The summed E-state index contributed by atoms with van der Waals surface area (Å²) in [6, 6.07) is 7.18. The van der Waals surface area contributed by atoms with Gasteiger partial charge in [0.1, 0.15) is 11.3 Å². The summed E-state index contributed by atoms with van der Waals surface area (Å²) in [5.41, 5.74) is 1.21. The molecule has 0 saturated carbocycles. The third-order valence-corrected chi connectivity index (χ3v) is 1.73. The first kappa shape index (κ1) is 10.8. The van der Waals surface area contributed by atoms with E-state index in [1.54, 1.807) is 24.3 Å². The molecule has 0 aliphatic rings. The lowest BCUT2D eigenvalue weighted by Crippen LogP contribution is -1.89. The number of alkyl halides is 1. The molecule has 0 unspecified atom stereocenters. The Labute approximate surface area is 90.1 Å². The van der Waals surface area contributed by atoms with Crippen LogP contribution < -0.4 is 4.74 Å². The molecule has 0 aliphatic heterocycles. The fourth-order valence-corrected chi connectivity index (χ4v) is 1.20. The van der Waals surface area contributed by atoms with Crippen LogP contribution in [0.1, 0.15) is 5.56 Å². The summed E-state index contributed by atoms with van der Waals surface area (Å²) in [5.74, 6) is -0.258. The number of benzene rings is 1. The van der Waals surface area contributed by atoms with Crippen LogP contribution in [0.15, 0.2) is 30.3 Å². The lowest BCUT2D eigenvalue weighted by molar-refractivity contribution is -0.131. The predicted molar refractivity (Wildman–Crippen MR) is 57.5 cm³/mol. The highest BCUT2D eigenvalue weighted by atomic mass is 79.9. The summed E-state index contributed by atoms with van der Waals surface area (Å²) in [5, 5.41) is 8.42. The van der Waals surface area contributed by atoms with E-state index in [1.807, 2.05) is 0 Å². The van der Waals surface area contributed by atoms with Crippen LogP contribution in [0.4, 0.5) is 0 Å². The van der Waals surface area contributed by atoms with Gasteiger partial charge in [-0.2, -0.15) is 0 Å². The zero-order valence-corrected chi connectivity index (χ0v) is 8.90. The molecule has 0 aliphatic carbocycles. The zero-order chi connectivity index (χ0) is 10.4. The predicted octanol–water partition coefficient (Wildman–Crippen LogP) is 2.52. The molecular formula is C10H9BrO3. The van der Waals surface area contributed by atoms with E-state index < -0.39 is 5.97 Å². The Balaban J connectivity index is 2.77. The van der Waals surface area contributed by atoms with Crippen LogP contribution in [0, 0.1) is 0 Å². The molecule has 1 N–H and O–H groups in total. The van der Waals surface area contributed by atoms with Crippen LogP contribution in [-0.4, -0.2) is 16.6 Å². The Bertz CT molecular complexity index is 347. The van der Waals surface area contributed by atoms with Gasteiger partial charge in [0.15, 0.2) is 0 Å². The standard InChI is InChI=1S/C10H9BrO3/c11-7-14-9-3-1-2-8(6-9)4-5-10(12)13/h1-6H,7H2,(H,12,13)/b5-4+. The van der Waals surface area contributed by atoms with E-state index in [0.29, 0.717) is 11.3 Å². The van der Waals surface area contributed by atoms with E-state index in [0.717, 1.165) is 11.6 Å². The molecule has 0 atom stereocenters. The summed E-state index contributed by atoms with van der Waals surface area (Å²) in [4.78, 5) is 10.3. The Kier molecular flexibility index (Phi) is 4.19. The first-order valence-electron chi connectivity index (χ1n) is 3.92. The van der Waals surface area contributed by atoms with Gasteiger partial charge in [0.25, 0.3) is 0 Å². The number of aliphatic carboxylic acids is 1. The Morgan fingerprint density at radius 1 is 1.57 bits per heavy atom. The molecule has 0 radical (unpaired) electrons. The van der Waals surface area contributed by atoms with Gasteiger partial charge in [0, 0.05) is 6.08 Å². The lowest BCUT2D eigenvalue weighted by Gasteiger charge is -2.01. The van der Waals surface area contributed by atoms with Crippen molar-refractivity contribution in [2.24, 2.45) is 0 Å². The van der Waals surface area contributed by atoms with Crippen molar-refractivity contribution in [1.82, 2.24) is 0 Å². The van der Waals surface area contributed by atoms with Crippen molar-refractivity contribution in [3.63, 3.8) is 0 Å². The van der Waals surface area contributed by atoms with Gasteiger partial charge in [-0.3, -0.25) is 0 Å².